The summed E-state index contributed by atoms with van der Waals surface area (Å²) in [5.41, 5.74) is 4.06. The lowest BCUT2D eigenvalue weighted by atomic mass is 9.99. The molecule has 0 heterocycles. The molecule has 2 nitrogen and oxygen atoms in total. The van der Waals surface area contributed by atoms with Gasteiger partial charge in [0.1, 0.15) is 5.82 Å². The van der Waals surface area contributed by atoms with E-state index in [1.165, 1.54) is 12.1 Å². The molecule has 0 aliphatic carbocycles. The molecule has 0 saturated heterocycles. The van der Waals surface area contributed by atoms with Gasteiger partial charge in [-0.3, -0.25) is 4.79 Å². The number of anilines is 1. The van der Waals surface area contributed by atoms with Crippen LogP contribution in [-0.2, 0) is 6.42 Å². The second-order valence-corrected chi connectivity index (χ2v) is 5.73. The van der Waals surface area contributed by atoms with E-state index in [-0.39, 0.29) is 11.7 Å². The Morgan fingerprint density at radius 3 is 2.42 bits per heavy atom. The van der Waals surface area contributed by atoms with Gasteiger partial charge in [-0.2, -0.15) is 0 Å². The molecule has 0 atom stereocenters. The van der Waals surface area contributed by atoms with Crippen molar-refractivity contribution in [2.75, 3.05) is 5.32 Å². The van der Waals surface area contributed by atoms with Crippen molar-refractivity contribution in [2.45, 2.75) is 13.3 Å². The molecule has 0 spiro atoms. The van der Waals surface area contributed by atoms with Gasteiger partial charge in [0.15, 0.2) is 0 Å². The van der Waals surface area contributed by atoms with Crippen LogP contribution in [0.5, 0.6) is 0 Å². The Balaban J connectivity index is 1.85. The van der Waals surface area contributed by atoms with Crippen molar-refractivity contribution in [1.82, 2.24) is 0 Å². The van der Waals surface area contributed by atoms with E-state index in [4.69, 9.17) is 0 Å². The van der Waals surface area contributed by atoms with E-state index in [2.05, 4.69) is 5.32 Å². The van der Waals surface area contributed by atoms with E-state index in [0.717, 1.165) is 11.1 Å². The van der Waals surface area contributed by atoms with Crippen LogP contribution in [0.1, 0.15) is 27.0 Å². The van der Waals surface area contributed by atoms with E-state index in [9.17, 15) is 9.18 Å². The van der Waals surface area contributed by atoms with Crippen LogP contribution in [0.25, 0.3) is 0 Å². The van der Waals surface area contributed by atoms with Gasteiger partial charge in [-0.1, -0.05) is 48.5 Å². The van der Waals surface area contributed by atoms with Gasteiger partial charge in [0.2, 0.25) is 0 Å². The van der Waals surface area contributed by atoms with Crippen molar-refractivity contribution in [3.8, 4) is 0 Å². The van der Waals surface area contributed by atoms with Crippen LogP contribution >= 0.6 is 0 Å². The average molecular weight is 319 g/mol. The third kappa shape index (κ3) is 3.69. The lowest BCUT2D eigenvalue weighted by Gasteiger charge is -2.12. The predicted octanol–water partition coefficient (Wildman–Crippen LogP) is 4.98. The SMILES string of the molecule is Cc1cc(F)ccc1NC(=O)c1ccccc1Cc1ccccc1. The number of benzene rings is 3. The molecule has 0 fully saturated rings. The average Bonchev–Trinajstić information content (AvgIpc) is 2.59. The molecule has 0 aromatic heterocycles. The molecule has 0 unspecified atom stereocenters. The third-order valence-corrected chi connectivity index (χ3v) is 3.94. The number of hydrogen-bond donors (Lipinski definition) is 1. The van der Waals surface area contributed by atoms with E-state index < -0.39 is 0 Å². The molecule has 1 N–H and O–H groups in total. The third-order valence-electron chi connectivity index (χ3n) is 3.94. The molecular weight excluding hydrogens is 301 g/mol. The minimum absolute atomic E-state index is 0.184. The Hall–Kier alpha value is -2.94. The molecular formula is C21H18FNO. The summed E-state index contributed by atoms with van der Waals surface area (Å²) in [6.07, 6.45) is 0.687. The number of amides is 1. The van der Waals surface area contributed by atoms with E-state index >= 15 is 0 Å². The van der Waals surface area contributed by atoms with Crippen molar-refractivity contribution in [3.63, 3.8) is 0 Å². The smallest absolute Gasteiger partial charge is 0.255 e. The van der Waals surface area contributed by atoms with Crippen LogP contribution in [-0.4, -0.2) is 5.91 Å². The molecule has 3 rings (SSSR count). The number of carbonyl (C=O) groups is 1. The van der Waals surface area contributed by atoms with Crippen LogP contribution < -0.4 is 5.32 Å². The fourth-order valence-electron chi connectivity index (χ4n) is 2.67. The second kappa shape index (κ2) is 7.09. The lowest BCUT2D eigenvalue weighted by molar-refractivity contribution is 0.102. The Morgan fingerprint density at radius 1 is 0.958 bits per heavy atom. The number of rotatable bonds is 4. The highest BCUT2D eigenvalue weighted by atomic mass is 19.1. The monoisotopic (exact) mass is 319 g/mol. The first kappa shape index (κ1) is 15.9. The Kier molecular flexibility index (Phi) is 4.71. The fraction of sp³-hybridized carbons (Fsp3) is 0.0952. The standard InChI is InChI=1S/C21H18FNO/c1-15-13-18(22)11-12-20(15)23-21(24)19-10-6-5-9-17(19)14-16-7-3-2-4-8-16/h2-13H,14H2,1H3,(H,23,24). The Labute approximate surface area is 141 Å². The zero-order valence-corrected chi connectivity index (χ0v) is 13.4. The summed E-state index contributed by atoms with van der Waals surface area (Å²) in [6.45, 7) is 1.77. The molecule has 0 aliphatic heterocycles. The first-order chi connectivity index (χ1) is 11.6. The van der Waals surface area contributed by atoms with Gasteiger partial charge in [-0.25, -0.2) is 4.39 Å². The first-order valence-corrected chi connectivity index (χ1v) is 7.83. The summed E-state index contributed by atoms with van der Waals surface area (Å²) in [7, 11) is 0. The number of nitrogens with one attached hydrogen (secondary N) is 1. The van der Waals surface area contributed by atoms with Gasteiger partial charge in [0, 0.05) is 11.3 Å². The van der Waals surface area contributed by atoms with Gasteiger partial charge in [0.25, 0.3) is 5.91 Å². The molecule has 24 heavy (non-hydrogen) atoms. The van der Waals surface area contributed by atoms with Crippen molar-refractivity contribution < 1.29 is 9.18 Å². The maximum absolute atomic E-state index is 13.2. The van der Waals surface area contributed by atoms with E-state index in [1.54, 1.807) is 13.0 Å². The van der Waals surface area contributed by atoms with Crippen LogP contribution in [0.15, 0.2) is 72.8 Å². The largest absolute Gasteiger partial charge is 0.322 e. The van der Waals surface area contributed by atoms with Crippen molar-refractivity contribution in [2.24, 2.45) is 0 Å². The highest BCUT2D eigenvalue weighted by Gasteiger charge is 2.12. The van der Waals surface area contributed by atoms with Gasteiger partial charge in [0.05, 0.1) is 0 Å². The van der Waals surface area contributed by atoms with Crippen molar-refractivity contribution in [1.29, 1.82) is 0 Å². The van der Waals surface area contributed by atoms with Crippen LogP contribution in [0.4, 0.5) is 10.1 Å². The van der Waals surface area contributed by atoms with Crippen molar-refractivity contribution >= 4 is 11.6 Å². The second-order valence-electron chi connectivity index (χ2n) is 5.73. The Morgan fingerprint density at radius 2 is 1.67 bits per heavy atom. The zero-order chi connectivity index (χ0) is 16.9. The number of carbonyl (C=O) groups excluding carboxylic acids is 1. The number of aryl methyl sites for hydroxylation is 1. The minimum Gasteiger partial charge on any atom is -0.322 e. The van der Waals surface area contributed by atoms with Crippen LogP contribution in [0, 0.1) is 12.7 Å². The van der Waals surface area contributed by atoms with Crippen LogP contribution in [0.2, 0.25) is 0 Å². The Bertz CT molecular complexity index is 859. The molecule has 0 aliphatic rings. The predicted molar refractivity (Wildman–Crippen MR) is 94.8 cm³/mol. The maximum Gasteiger partial charge on any atom is 0.255 e. The molecule has 3 aromatic rings. The van der Waals surface area contributed by atoms with E-state index in [1.807, 2.05) is 54.6 Å². The summed E-state index contributed by atoms with van der Waals surface area (Å²) < 4.78 is 13.2. The molecule has 0 saturated carbocycles. The van der Waals surface area contributed by atoms with Gasteiger partial charge in [-0.05, 0) is 54.3 Å². The summed E-state index contributed by atoms with van der Waals surface area (Å²) in [6, 6.07) is 21.9. The number of hydrogen-bond acceptors (Lipinski definition) is 1. The quantitative estimate of drug-likeness (QED) is 0.722. The maximum atomic E-state index is 13.2. The summed E-state index contributed by atoms with van der Waals surface area (Å²) in [5.74, 6) is -0.494. The topological polar surface area (TPSA) is 29.1 Å². The van der Waals surface area contributed by atoms with Gasteiger partial charge >= 0.3 is 0 Å². The van der Waals surface area contributed by atoms with Crippen molar-refractivity contribution in [3.05, 3.63) is 101 Å². The summed E-state index contributed by atoms with van der Waals surface area (Å²) in [5, 5.41) is 2.87. The lowest BCUT2D eigenvalue weighted by Crippen LogP contribution is -2.15. The van der Waals surface area contributed by atoms with Gasteiger partial charge in [-0.15, -0.1) is 0 Å². The highest BCUT2D eigenvalue weighted by molar-refractivity contribution is 6.05. The highest BCUT2D eigenvalue weighted by Crippen LogP contribution is 2.19. The zero-order valence-electron chi connectivity index (χ0n) is 13.4. The molecule has 1 amide bonds. The van der Waals surface area contributed by atoms with E-state index in [0.29, 0.717) is 23.2 Å². The fourth-order valence-corrected chi connectivity index (χ4v) is 2.67. The summed E-state index contributed by atoms with van der Waals surface area (Å²) >= 11 is 0. The summed E-state index contributed by atoms with van der Waals surface area (Å²) in [4.78, 5) is 12.7. The first-order valence-electron chi connectivity index (χ1n) is 7.83. The molecule has 0 bridgehead atoms. The van der Waals surface area contributed by atoms with Gasteiger partial charge < -0.3 is 5.32 Å². The van der Waals surface area contributed by atoms with Crippen LogP contribution in [0.3, 0.4) is 0 Å². The normalized spacial score (nSPS) is 10.4. The molecule has 120 valence electrons. The minimum atomic E-state index is -0.310. The molecule has 3 heteroatoms. The molecule has 3 aromatic carbocycles. The number of halogens is 1. The molecule has 0 radical (unpaired) electrons.